The molecule has 2 aliphatic carbocycles. The Bertz CT molecular complexity index is 819. The zero-order chi connectivity index (χ0) is 26.8. The summed E-state index contributed by atoms with van der Waals surface area (Å²) in [5, 5.41) is 35.5. The molecule has 37 heavy (non-hydrogen) atoms. The lowest BCUT2D eigenvalue weighted by atomic mass is 9.76. The fourth-order valence-electron chi connectivity index (χ4n) is 5.92. The van der Waals surface area contributed by atoms with Crippen LogP contribution in [0.2, 0.25) is 5.02 Å². The molecule has 0 spiro atoms. The zero-order valence-electron chi connectivity index (χ0n) is 22.7. The Kier molecular flexibility index (Phi) is 12.5. The second-order valence-corrected chi connectivity index (χ2v) is 12.2. The van der Waals surface area contributed by atoms with E-state index in [0.717, 1.165) is 51.0 Å². The van der Waals surface area contributed by atoms with Crippen LogP contribution in [0.4, 0.5) is 0 Å². The standard InChI is InChI=1S/C30H48ClNO5/c1-20(7-4-3-5-10-29(36)32-18-22-12-13-22)15-26-27(34)17-28(35)30(26)21(2)11-14-24(33)19-37-25-9-6-8-23(31)16-25/h6,8-9,16,20-22,24,26-28,30,33-35H,3-5,7,10-15,17-19H2,1-2H3,(H,32,36). The maximum Gasteiger partial charge on any atom is 0.220 e. The first-order chi connectivity index (χ1) is 17.7. The number of rotatable bonds is 17. The number of halogens is 1. The van der Waals surface area contributed by atoms with E-state index in [2.05, 4.69) is 19.2 Å². The summed E-state index contributed by atoms with van der Waals surface area (Å²) < 4.78 is 5.66. The van der Waals surface area contributed by atoms with Crippen molar-refractivity contribution in [2.45, 2.75) is 103 Å². The number of aliphatic hydroxyl groups excluding tert-OH is 3. The third-order valence-corrected chi connectivity index (χ3v) is 8.56. The van der Waals surface area contributed by atoms with E-state index in [1.54, 1.807) is 12.1 Å². The normalized spacial score (nSPS) is 26.0. The topological polar surface area (TPSA) is 99.0 Å². The first-order valence-electron chi connectivity index (χ1n) is 14.4. The van der Waals surface area contributed by atoms with E-state index < -0.39 is 18.3 Å². The Labute approximate surface area is 228 Å². The molecule has 1 aromatic carbocycles. The molecular formula is C30H48ClNO5. The lowest BCUT2D eigenvalue weighted by molar-refractivity contribution is -0.121. The Morgan fingerprint density at radius 1 is 1.11 bits per heavy atom. The molecule has 1 amide bonds. The van der Waals surface area contributed by atoms with Gasteiger partial charge in [0.2, 0.25) is 5.91 Å². The molecule has 1 aromatic rings. The highest BCUT2D eigenvalue weighted by Crippen LogP contribution is 2.43. The molecule has 2 aliphatic rings. The van der Waals surface area contributed by atoms with Gasteiger partial charge < -0.3 is 25.4 Å². The van der Waals surface area contributed by atoms with Crippen molar-refractivity contribution in [3.63, 3.8) is 0 Å². The number of ether oxygens (including phenoxy) is 1. The predicted octanol–water partition coefficient (Wildman–Crippen LogP) is 5.36. The van der Waals surface area contributed by atoms with Crippen LogP contribution in [0, 0.1) is 29.6 Å². The lowest BCUT2D eigenvalue weighted by Gasteiger charge is -2.31. The van der Waals surface area contributed by atoms with Gasteiger partial charge in [0.15, 0.2) is 0 Å². The van der Waals surface area contributed by atoms with Gasteiger partial charge in [-0.2, -0.15) is 0 Å². The summed E-state index contributed by atoms with van der Waals surface area (Å²) in [7, 11) is 0. The van der Waals surface area contributed by atoms with E-state index in [4.69, 9.17) is 16.3 Å². The van der Waals surface area contributed by atoms with Gasteiger partial charge in [-0.1, -0.05) is 50.8 Å². The number of benzene rings is 1. The summed E-state index contributed by atoms with van der Waals surface area (Å²) in [5.41, 5.74) is 0. The molecule has 3 rings (SSSR count). The predicted molar refractivity (Wildman–Crippen MR) is 148 cm³/mol. The second kappa shape index (κ2) is 15.3. The van der Waals surface area contributed by atoms with Gasteiger partial charge in [0, 0.05) is 18.0 Å². The molecular weight excluding hydrogens is 490 g/mol. The molecule has 0 saturated heterocycles. The van der Waals surface area contributed by atoms with Gasteiger partial charge >= 0.3 is 0 Å². The fraction of sp³-hybridized carbons (Fsp3) is 0.767. The van der Waals surface area contributed by atoms with Crippen molar-refractivity contribution < 1.29 is 24.9 Å². The minimum Gasteiger partial charge on any atom is -0.491 e. The lowest BCUT2D eigenvalue weighted by Crippen LogP contribution is -2.30. The van der Waals surface area contributed by atoms with Crippen LogP contribution >= 0.6 is 11.6 Å². The SMILES string of the molecule is CC(CCCCCC(=O)NCC1CC1)CC1C(O)CC(O)C1C(C)CCC(O)COc1cccc(Cl)c1. The van der Waals surface area contributed by atoms with Crippen molar-refractivity contribution in [1.29, 1.82) is 0 Å². The molecule has 7 unspecified atom stereocenters. The van der Waals surface area contributed by atoms with E-state index >= 15 is 0 Å². The van der Waals surface area contributed by atoms with Crippen LogP contribution in [-0.4, -0.2) is 52.7 Å². The summed E-state index contributed by atoms with van der Waals surface area (Å²) in [4.78, 5) is 11.9. The minimum atomic E-state index is -0.599. The second-order valence-electron chi connectivity index (χ2n) is 11.8. The van der Waals surface area contributed by atoms with Crippen molar-refractivity contribution in [3.8, 4) is 5.75 Å². The highest BCUT2D eigenvalue weighted by molar-refractivity contribution is 6.30. The van der Waals surface area contributed by atoms with E-state index in [1.807, 2.05) is 12.1 Å². The molecule has 7 atom stereocenters. The average molecular weight is 538 g/mol. The maximum absolute atomic E-state index is 11.9. The van der Waals surface area contributed by atoms with Gasteiger partial charge in [-0.3, -0.25) is 4.79 Å². The highest BCUT2D eigenvalue weighted by atomic mass is 35.5. The smallest absolute Gasteiger partial charge is 0.220 e. The Morgan fingerprint density at radius 2 is 1.89 bits per heavy atom. The number of unbranched alkanes of at least 4 members (excludes halogenated alkanes) is 2. The first kappa shape index (κ1) is 30.2. The quantitative estimate of drug-likeness (QED) is 0.201. The van der Waals surface area contributed by atoms with E-state index in [1.165, 1.54) is 12.8 Å². The Hall–Kier alpha value is -1.34. The number of hydrogen-bond donors (Lipinski definition) is 4. The van der Waals surface area contributed by atoms with Gasteiger partial charge in [0.05, 0.1) is 18.3 Å². The third kappa shape index (κ3) is 10.7. The molecule has 0 aromatic heterocycles. The Morgan fingerprint density at radius 3 is 2.62 bits per heavy atom. The molecule has 2 fully saturated rings. The zero-order valence-corrected chi connectivity index (χ0v) is 23.4. The molecule has 7 heteroatoms. The van der Waals surface area contributed by atoms with Crippen LogP contribution in [0.1, 0.15) is 84.5 Å². The molecule has 2 saturated carbocycles. The average Bonchev–Trinajstić information content (AvgIpc) is 3.64. The molecule has 0 aliphatic heterocycles. The molecule has 4 N–H and O–H groups in total. The number of nitrogens with one attached hydrogen (secondary N) is 1. The van der Waals surface area contributed by atoms with Crippen molar-refractivity contribution in [2.24, 2.45) is 29.6 Å². The molecule has 0 radical (unpaired) electrons. The van der Waals surface area contributed by atoms with Gasteiger partial charge in [-0.05, 0) is 92.7 Å². The summed E-state index contributed by atoms with van der Waals surface area (Å²) in [5.74, 6) is 2.31. The van der Waals surface area contributed by atoms with Crippen molar-refractivity contribution in [2.75, 3.05) is 13.2 Å². The molecule has 210 valence electrons. The van der Waals surface area contributed by atoms with Gasteiger partial charge in [-0.25, -0.2) is 0 Å². The summed E-state index contributed by atoms with van der Waals surface area (Å²) in [6, 6.07) is 7.14. The van der Waals surface area contributed by atoms with Crippen LogP contribution < -0.4 is 10.1 Å². The fourth-order valence-corrected chi connectivity index (χ4v) is 6.10. The van der Waals surface area contributed by atoms with E-state index in [0.29, 0.717) is 36.0 Å². The van der Waals surface area contributed by atoms with Crippen molar-refractivity contribution >= 4 is 17.5 Å². The minimum absolute atomic E-state index is 0.0358. The van der Waals surface area contributed by atoms with Crippen LogP contribution in [0.5, 0.6) is 5.75 Å². The third-order valence-electron chi connectivity index (χ3n) is 8.33. The van der Waals surface area contributed by atoms with Crippen molar-refractivity contribution in [3.05, 3.63) is 29.3 Å². The van der Waals surface area contributed by atoms with Gasteiger partial charge in [0.1, 0.15) is 12.4 Å². The number of amides is 1. The number of aliphatic hydroxyl groups is 3. The number of carbonyl (C=O) groups is 1. The van der Waals surface area contributed by atoms with Crippen LogP contribution in [0.25, 0.3) is 0 Å². The summed E-state index contributed by atoms with van der Waals surface area (Å²) in [6.45, 7) is 5.41. The Balaban J connectivity index is 1.34. The molecule has 0 heterocycles. The van der Waals surface area contributed by atoms with Crippen LogP contribution in [0.15, 0.2) is 24.3 Å². The first-order valence-corrected chi connectivity index (χ1v) is 14.8. The van der Waals surface area contributed by atoms with Crippen LogP contribution in [-0.2, 0) is 4.79 Å². The number of hydrogen-bond acceptors (Lipinski definition) is 5. The highest BCUT2D eigenvalue weighted by Gasteiger charge is 2.44. The maximum atomic E-state index is 11.9. The largest absolute Gasteiger partial charge is 0.491 e. The van der Waals surface area contributed by atoms with E-state index in [9.17, 15) is 20.1 Å². The molecule has 6 nitrogen and oxygen atoms in total. The summed E-state index contributed by atoms with van der Waals surface area (Å²) in [6.07, 6.45) is 8.36. The van der Waals surface area contributed by atoms with Gasteiger partial charge in [0.25, 0.3) is 0 Å². The van der Waals surface area contributed by atoms with Crippen molar-refractivity contribution in [1.82, 2.24) is 5.32 Å². The number of carbonyl (C=O) groups excluding carboxylic acids is 1. The van der Waals surface area contributed by atoms with Gasteiger partial charge in [-0.15, -0.1) is 0 Å². The van der Waals surface area contributed by atoms with Crippen LogP contribution in [0.3, 0.4) is 0 Å². The monoisotopic (exact) mass is 537 g/mol. The van der Waals surface area contributed by atoms with E-state index in [-0.39, 0.29) is 30.3 Å². The summed E-state index contributed by atoms with van der Waals surface area (Å²) >= 11 is 5.98. The molecule has 0 bridgehead atoms.